The molecule has 130 valence electrons. The molecule has 0 fully saturated rings. The molecule has 0 atom stereocenters. The van der Waals surface area contributed by atoms with Gasteiger partial charge in [-0.1, -0.05) is 12.1 Å². The van der Waals surface area contributed by atoms with Crippen molar-refractivity contribution in [2.45, 2.75) is 6.54 Å². The zero-order valence-corrected chi connectivity index (χ0v) is 16.0. The number of halogens is 2. The van der Waals surface area contributed by atoms with Crippen molar-refractivity contribution in [3.63, 3.8) is 0 Å². The van der Waals surface area contributed by atoms with Gasteiger partial charge in [0.15, 0.2) is 5.96 Å². The van der Waals surface area contributed by atoms with Crippen molar-refractivity contribution in [1.82, 2.24) is 15.5 Å². The first-order valence-corrected chi connectivity index (χ1v) is 6.98. The van der Waals surface area contributed by atoms with Crippen LogP contribution in [0.1, 0.15) is 5.56 Å². The van der Waals surface area contributed by atoms with E-state index in [2.05, 4.69) is 15.6 Å². The number of ether oxygens (including phenoxy) is 1. The van der Waals surface area contributed by atoms with E-state index in [-0.39, 0.29) is 42.2 Å². The molecule has 0 aliphatic heterocycles. The molecule has 0 aliphatic rings. The number of hydrogen-bond donors (Lipinski definition) is 2. The van der Waals surface area contributed by atoms with Gasteiger partial charge < -0.3 is 20.3 Å². The number of aliphatic imine (C=N–C) groups is 1. The lowest BCUT2D eigenvalue weighted by molar-refractivity contribution is -0.127. The number of benzene rings is 1. The van der Waals surface area contributed by atoms with E-state index in [1.165, 1.54) is 17.0 Å². The molecule has 0 aliphatic carbocycles. The number of likely N-dealkylation sites (N-methyl/N-ethyl adjacent to an activating group) is 1. The van der Waals surface area contributed by atoms with Gasteiger partial charge in [0.25, 0.3) is 0 Å². The largest absolute Gasteiger partial charge is 0.383 e. The van der Waals surface area contributed by atoms with Crippen molar-refractivity contribution in [1.29, 1.82) is 0 Å². The zero-order valence-electron chi connectivity index (χ0n) is 13.6. The van der Waals surface area contributed by atoms with E-state index in [1.807, 2.05) is 0 Å². The molecule has 1 rings (SSSR count). The second-order valence-electron chi connectivity index (χ2n) is 4.86. The fraction of sp³-hybridized carbons (Fsp3) is 0.467. The van der Waals surface area contributed by atoms with Crippen LogP contribution in [0.5, 0.6) is 0 Å². The summed E-state index contributed by atoms with van der Waals surface area (Å²) in [5.74, 6) is 0.126. The van der Waals surface area contributed by atoms with Crippen LogP contribution in [0.15, 0.2) is 29.3 Å². The minimum atomic E-state index is -0.294. The molecule has 8 heteroatoms. The fourth-order valence-electron chi connectivity index (χ4n) is 1.57. The molecule has 0 radical (unpaired) electrons. The number of amides is 1. The zero-order chi connectivity index (χ0) is 16.4. The summed E-state index contributed by atoms with van der Waals surface area (Å²) in [6.45, 7) is 1.52. The second kappa shape index (κ2) is 12.1. The summed E-state index contributed by atoms with van der Waals surface area (Å²) in [5.41, 5.74) is 0.756. The standard InChI is InChI=1S/C15H23FN4O2.HI/c1-20(2)14(21)11-19-15(17-7-8-22-3)18-10-12-5-4-6-13(16)9-12;/h4-6,9H,7-8,10-11H2,1-3H3,(H2,17,18,19);1H. The van der Waals surface area contributed by atoms with Gasteiger partial charge in [-0.3, -0.25) is 4.79 Å². The van der Waals surface area contributed by atoms with Crippen LogP contribution in [0.4, 0.5) is 4.39 Å². The van der Waals surface area contributed by atoms with Gasteiger partial charge in [-0.15, -0.1) is 24.0 Å². The Hall–Kier alpha value is -1.42. The van der Waals surface area contributed by atoms with Crippen LogP contribution >= 0.6 is 24.0 Å². The summed E-state index contributed by atoms with van der Waals surface area (Å²) in [4.78, 5) is 17.4. The lowest BCUT2D eigenvalue weighted by Gasteiger charge is -2.14. The van der Waals surface area contributed by atoms with Gasteiger partial charge in [-0.2, -0.15) is 0 Å². The Morgan fingerprint density at radius 2 is 2.09 bits per heavy atom. The Morgan fingerprint density at radius 3 is 2.70 bits per heavy atom. The SMILES string of the molecule is COCCNC(=NCc1cccc(F)c1)NCC(=O)N(C)C.I. The topological polar surface area (TPSA) is 66.0 Å². The van der Waals surface area contributed by atoms with E-state index in [0.29, 0.717) is 25.7 Å². The predicted octanol–water partition coefficient (Wildman–Crippen LogP) is 1.21. The molecule has 2 N–H and O–H groups in total. The van der Waals surface area contributed by atoms with Crippen molar-refractivity contribution < 1.29 is 13.9 Å². The third-order valence-corrected chi connectivity index (χ3v) is 2.81. The molecule has 0 unspecified atom stereocenters. The van der Waals surface area contributed by atoms with Crippen LogP contribution in [-0.4, -0.2) is 57.7 Å². The average molecular weight is 438 g/mol. The van der Waals surface area contributed by atoms with Gasteiger partial charge in [0.1, 0.15) is 5.82 Å². The number of hydrogen-bond acceptors (Lipinski definition) is 3. The lowest BCUT2D eigenvalue weighted by atomic mass is 10.2. The highest BCUT2D eigenvalue weighted by atomic mass is 127. The van der Waals surface area contributed by atoms with E-state index in [9.17, 15) is 9.18 Å². The summed E-state index contributed by atoms with van der Waals surface area (Å²) in [7, 11) is 4.98. The minimum Gasteiger partial charge on any atom is -0.383 e. The molecule has 0 saturated heterocycles. The van der Waals surface area contributed by atoms with Gasteiger partial charge in [0.2, 0.25) is 5.91 Å². The second-order valence-corrected chi connectivity index (χ2v) is 4.86. The van der Waals surface area contributed by atoms with Crippen LogP contribution < -0.4 is 10.6 Å². The lowest BCUT2D eigenvalue weighted by Crippen LogP contribution is -2.43. The molecule has 0 heterocycles. The normalized spacial score (nSPS) is 10.7. The first kappa shape index (κ1) is 21.6. The summed E-state index contributed by atoms with van der Waals surface area (Å²) in [6.07, 6.45) is 0. The summed E-state index contributed by atoms with van der Waals surface area (Å²) in [5, 5.41) is 5.99. The third kappa shape index (κ3) is 9.34. The summed E-state index contributed by atoms with van der Waals surface area (Å²) < 4.78 is 18.1. The van der Waals surface area contributed by atoms with Crippen LogP contribution in [0.25, 0.3) is 0 Å². The van der Waals surface area contributed by atoms with Crippen LogP contribution in [0, 0.1) is 5.82 Å². The highest BCUT2D eigenvalue weighted by Crippen LogP contribution is 2.04. The molecule has 1 aromatic carbocycles. The molecule has 0 bridgehead atoms. The number of guanidine groups is 1. The first-order chi connectivity index (χ1) is 10.5. The highest BCUT2D eigenvalue weighted by molar-refractivity contribution is 14.0. The quantitative estimate of drug-likeness (QED) is 0.291. The Balaban J connectivity index is 0.00000484. The van der Waals surface area contributed by atoms with E-state index in [4.69, 9.17) is 4.74 Å². The highest BCUT2D eigenvalue weighted by Gasteiger charge is 2.05. The van der Waals surface area contributed by atoms with Gasteiger partial charge in [-0.25, -0.2) is 9.38 Å². The maximum absolute atomic E-state index is 13.1. The molecule has 0 saturated carbocycles. The van der Waals surface area contributed by atoms with E-state index < -0.39 is 0 Å². The number of carbonyl (C=O) groups is 1. The van der Waals surface area contributed by atoms with Crippen molar-refractivity contribution in [3.05, 3.63) is 35.6 Å². The maximum atomic E-state index is 13.1. The average Bonchev–Trinajstić information content (AvgIpc) is 2.49. The van der Waals surface area contributed by atoms with Gasteiger partial charge in [-0.05, 0) is 17.7 Å². The molecule has 6 nitrogen and oxygen atoms in total. The molecular weight excluding hydrogens is 414 g/mol. The number of nitrogens with zero attached hydrogens (tertiary/aromatic N) is 2. The predicted molar refractivity (Wildman–Crippen MR) is 99.5 cm³/mol. The molecule has 1 aromatic rings. The van der Waals surface area contributed by atoms with Gasteiger partial charge in [0, 0.05) is 27.7 Å². The van der Waals surface area contributed by atoms with E-state index in [0.717, 1.165) is 5.56 Å². The Morgan fingerprint density at radius 1 is 1.35 bits per heavy atom. The monoisotopic (exact) mass is 438 g/mol. The van der Waals surface area contributed by atoms with Crippen molar-refractivity contribution >= 4 is 35.8 Å². The molecular formula is C15H24FIN4O2. The van der Waals surface area contributed by atoms with Crippen LogP contribution in [0.2, 0.25) is 0 Å². The van der Waals surface area contributed by atoms with Crippen LogP contribution in [0.3, 0.4) is 0 Å². The Labute approximate surface area is 153 Å². The number of rotatable bonds is 7. The van der Waals surface area contributed by atoms with E-state index in [1.54, 1.807) is 33.3 Å². The molecule has 0 spiro atoms. The van der Waals surface area contributed by atoms with Crippen molar-refractivity contribution in [2.24, 2.45) is 4.99 Å². The van der Waals surface area contributed by atoms with E-state index >= 15 is 0 Å². The summed E-state index contributed by atoms with van der Waals surface area (Å²) in [6, 6.07) is 6.26. The van der Waals surface area contributed by atoms with Crippen molar-refractivity contribution in [2.75, 3.05) is 40.9 Å². The molecule has 23 heavy (non-hydrogen) atoms. The number of methoxy groups -OCH3 is 1. The Kier molecular flexibility index (Phi) is 11.3. The van der Waals surface area contributed by atoms with Gasteiger partial charge in [0.05, 0.1) is 19.7 Å². The maximum Gasteiger partial charge on any atom is 0.241 e. The third-order valence-electron chi connectivity index (χ3n) is 2.81. The smallest absolute Gasteiger partial charge is 0.241 e. The fourth-order valence-corrected chi connectivity index (χ4v) is 1.57. The first-order valence-electron chi connectivity index (χ1n) is 6.98. The Bertz CT molecular complexity index is 512. The number of nitrogens with one attached hydrogen (secondary N) is 2. The molecule has 0 aromatic heterocycles. The summed E-state index contributed by atoms with van der Waals surface area (Å²) >= 11 is 0. The van der Waals surface area contributed by atoms with Crippen LogP contribution in [-0.2, 0) is 16.1 Å². The van der Waals surface area contributed by atoms with Crippen molar-refractivity contribution in [3.8, 4) is 0 Å². The molecule has 1 amide bonds. The number of carbonyl (C=O) groups excluding carboxylic acids is 1. The minimum absolute atomic E-state index is 0. The van der Waals surface area contributed by atoms with Gasteiger partial charge >= 0.3 is 0 Å².